The first kappa shape index (κ1) is 31.1. The molecule has 3 heterocycles. The molecule has 0 bridgehead atoms. The van der Waals surface area contributed by atoms with Gasteiger partial charge in [0.25, 0.3) is 0 Å². The number of rotatable bonds is 5. The highest BCUT2D eigenvalue weighted by Crippen LogP contribution is 2.46. The molecular formula is C51H31N3O. The molecule has 0 aliphatic heterocycles. The van der Waals surface area contributed by atoms with E-state index in [1.165, 1.54) is 11.1 Å². The van der Waals surface area contributed by atoms with E-state index in [1.54, 1.807) is 0 Å². The lowest BCUT2D eigenvalue weighted by Crippen LogP contribution is -1.96. The first-order valence-electron chi connectivity index (χ1n) is 18.5. The summed E-state index contributed by atoms with van der Waals surface area (Å²) < 4.78 is 6.57. The second kappa shape index (κ2) is 12.6. The number of aromatic nitrogens is 3. The summed E-state index contributed by atoms with van der Waals surface area (Å²) >= 11 is 0. The van der Waals surface area contributed by atoms with Gasteiger partial charge in [-0.3, -0.25) is 0 Å². The Hall–Kier alpha value is -7.43. The average Bonchev–Trinajstić information content (AvgIpc) is 3.64. The van der Waals surface area contributed by atoms with Gasteiger partial charge < -0.3 is 4.42 Å². The summed E-state index contributed by atoms with van der Waals surface area (Å²) in [5, 5.41) is 6.56. The average molecular weight is 702 g/mol. The van der Waals surface area contributed by atoms with Gasteiger partial charge in [0.15, 0.2) is 5.82 Å². The SMILES string of the molecule is c1ccc(-c2ccc(-c3nc(-c4ccc(-c5nc6ccccc6c6c(-c7ccccc7)c7c(cc56)oc5ccccc57)cc4)nc4ccccc34)cc2)cc1. The van der Waals surface area contributed by atoms with Gasteiger partial charge in [0.2, 0.25) is 0 Å². The zero-order chi connectivity index (χ0) is 36.3. The maximum atomic E-state index is 6.57. The van der Waals surface area contributed by atoms with Gasteiger partial charge in [-0.25, -0.2) is 15.0 Å². The smallest absolute Gasteiger partial charge is 0.160 e. The normalized spacial score (nSPS) is 11.6. The van der Waals surface area contributed by atoms with E-state index in [2.05, 4.69) is 158 Å². The molecule has 4 heteroatoms. The van der Waals surface area contributed by atoms with Crippen molar-refractivity contribution in [1.29, 1.82) is 0 Å². The number of fused-ring (bicyclic) bond motifs is 7. The van der Waals surface area contributed by atoms with Crippen LogP contribution in [0.2, 0.25) is 0 Å². The van der Waals surface area contributed by atoms with Crippen molar-refractivity contribution in [3.63, 3.8) is 0 Å². The molecule has 11 rings (SSSR count). The molecule has 55 heavy (non-hydrogen) atoms. The fourth-order valence-corrected chi connectivity index (χ4v) is 8.08. The van der Waals surface area contributed by atoms with E-state index in [-0.39, 0.29) is 0 Å². The minimum Gasteiger partial charge on any atom is -0.456 e. The molecule has 4 nitrogen and oxygen atoms in total. The molecule has 0 atom stereocenters. The summed E-state index contributed by atoms with van der Waals surface area (Å²) in [5.41, 5.74) is 13.0. The number of para-hydroxylation sites is 3. The van der Waals surface area contributed by atoms with E-state index in [0.29, 0.717) is 5.82 Å². The Bertz CT molecular complexity index is 3220. The van der Waals surface area contributed by atoms with Gasteiger partial charge in [0, 0.05) is 54.6 Å². The predicted molar refractivity (Wildman–Crippen MR) is 227 cm³/mol. The first-order chi connectivity index (χ1) is 27.3. The topological polar surface area (TPSA) is 51.8 Å². The second-order valence-electron chi connectivity index (χ2n) is 13.9. The van der Waals surface area contributed by atoms with Crippen LogP contribution in [0.4, 0.5) is 0 Å². The van der Waals surface area contributed by atoms with E-state index < -0.39 is 0 Å². The number of hydrogen-bond acceptors (Lipinski definition) is 4. The largest absolute Gasteiger partial charge is 0.456 e. The Balaban J connectivity index is 1.08. The van der Waals surface area contributed by atoms with Crippen LogP contribution in [-0.4, -0.2) is 15.0 Å². The van der Waals surface area contributed by atoms with Gasteiger partial charge >= 0.3 is 0 Å². The third kappa shape index (κ3) is 5.19. The van der Waals surface area contributed by atoms with Gasteiger partial charge in [-0.1, -0.05) is 164 Å². The lowest BCUT2D eigenvalue weighted by atomic mass is 9.89. The summed E-state index contributed by atoms with van der Waals surface area (Å²) in [6.07, 6.45) is 0. The van der Waals surface area contributed by atoms with Crippen molar-refractivity contribution in [2.75, 3.05) is 0 Å². The molecule has 0 amide bonds. The highest BCUT2D eigenvalue weighted by atomic mass is 16.3. The molecule has 0 aliphatic rings. The number of benzene rings is 8. The van der Waals surface area contributed by atoms with Crippen molar-refractivity contribution in [3.8, 4) is 56.2 Å². The minimum absolute atomic E-state index is 0.680. The standard InChI is InChI=1S/C51H31N3O/c1-3-13-32(14-4-1)33-23-25-35(26-24-33)49-39-18-8-11-21-43(39)53-51(54-49)37-29-27-36(28-30-37)50-41-31-45-48(40-19-9-12-22-44(40)55-45)46(34-15-5-2-6-16-34)47(41)38-17-7-10-20-42(38)52-50/h1-31H. The molecule has 8 aromatic carbocycles. The van der Waals surface area contributed by atoms with Crippen LogP contribution in [0.1, 0.15) is 0 Å². The molecule has 11 aromatic rings. The lowest BCUT2D eigenvalue weighted by molar-refractivity contribution is 0.669. The quantitative estimate of drug-likeness (QED) is 0.168. The third-order valence-corrected chi connectivity index (χ3v) is 10.7. The van der Waals surface area contributed by atoms with E-state index >= 15 is 0 Å². The van der Waals surface area contributed by atoms with Crippen molar-refractivity contribution in [1.82, 2.24) is 15.0 Å². The van der Waals surface area contributed by atoms with Gasteiger partial charge in [-0.05, 0) is 41.0 Å². The molecule has 3 aromatic heterocycles. The van der Waals surface area contributed by atoms with Crippen LogP contribution < -0.4 is 0 Å². The van der Waals surface area contributed by atoms with Crippen LogP contribution in [0.25, 0.3) is 111 Å². The molecule has 0 unspecified atom stereocenters. The van der Waals surface area contributed by atoms with Crippen LogP contribution in [0.3, 0.4) is 0 Å². The van der Waals surface area contributed by atoms with Crippen molar-refractivity contribution in [3.05, 3.63) is 188 Å². The van der Waals surface area contributed by atoms with Crippen LogP contribution in [0.15, 0.2) is 192 Å². The van der Waals surface area contributed by atoms with Gasteiger partial charge in [0.05, 0.1) is 22.4 Å². The molecular weight excluding hydrogens is 671 g/mol. The van der Waals surface area contributed by atoms with Gasteiger partial charge in [-0.2, -0.15) is 0 Å². The highest BCUT2D eigenvalue weighted by Gasteiger charge is 2.22. The summed E-state index contributed by atoms with van der Waals surface area (Å²) in [7, 11) is 0. The molecule has 256 valence electrons. The number of furan rings is 1. The van der Waals surface area contributed by atoms with E-state index in [0.717, 1.165) is 93.7 Å². The van der Waals surface area contributed by atoms with Gasteiger partial charge in [0.1, 0.15) is 11.2 Å². The molecule has 0 saturated carbocycles. The van der Waals surface area contributed by atoms with Crippen LogP contribution in [-0.2, 0) is 0 Å². The number of nitrogens with zero attached hydrogens (tertiary/aromatic N) is 3. The molecule has 0 saturated heterocycles. The third-order valence-electron chi connectivity index (χ3n) is 10.7. The summed E-state index contributed by atoms with van der Waals surface area (Å²) in [4.78, 5) is 15.6. The van der Waals surface area contributed by atoms with Gasteiger partial charge in [-0.15, -0.1) is 0 Å². The minimum atomic E-state index is 0.680. The summed E-state index contributed by atoms with van der Waals surface area (Å²) in [6, 6.07) is 65.4. The van der Waals surface area contributed by atoms with E-state index in [4.69, 9.17) is 19.4 Å². The molecule has 0 spiro atoms. The number of hydrogen-bond donors (Lipinski definition) is 0. The van der Waals surface area contributed by atoms with E-state index in [9.17, 15) is 0 Å². The molecule has 0 fully saturated rings. The Morgan fingerprint density at radius 1 is 0.309 bits per heavy atom. The van der Waals surface area contributed by atoms with Crippen molar-refractivity contribution >= 4 is 54.5 Å². The highest BCUT2D eigenvalue weighted by molar-refractivity contribution is 6.27. The Labute approximate surface area is 317 Å². The number of pyridine rings is 1. The molecule has 0 N–H and O–H groups in total. The fraction of sp³-hybridized carbons (Fsp3) is 0. The van der Waals surface area contributed by atoms with Crippen LogP contribution in [0, 0.1) is 0 Å². The zero-order valence-corrected chi connectivity index (χ0v) is 29.6. The Morgan fingerprint density at radius 2 is 0.818 bits per heavy atom. The van der Waals surface area contributed by atoms with Crippen LogP contribution >= 0.6 is 0 Å². The Morgan fingerprint density at radius 3 is 1.53 bits per heavy atom. The van der Waals surface area contributed by atoms with Crippen LogP contribution in [0.5, 0.6) is 0 Å². The maximum absolute atomic E-state index is 6.57. The van der Waals surface area contributed by atoms with E-state index in [1.807, 2.05) is 30.3 Å². The summed E-state index contributed by atoms with van der Waals surface area (Å²) in [6.45, 7) is 0. The zero-order valence-electron chi connectivity index (χ0n) is 29.6. The van der Waals surface area contributed by atoms with Crippen molar-refractivity contribution < 1.29 is 4.42 Å². The monoisotopic (exact) mass is 701 g/mol. The second-order valence-corrected chi connectivity index (χ2v) is 13.9. The van der Waals surface area contributed by atoms with Crippen molar-refractivity contribution in [2.45, 2.75) is 0 Å². The molecule has 0 radical (unpaired) electrons. The Kier molecular flexibility index (Phi) is 7.14. The predicted octanol–water partition coefficient (Wildman–Crippen LogP) is 13.6. The maximum Gasteiger partial charge on any atom is 0.160 e. The fourth-order valence-electron chi connectivity index (χ4n) is 8.08. The first-order valence-corrected chi connectivity index (χ1v) is 18.5. The summed E-state index contributed by atoms with van der Waals surface area (Å²) in [5.74, 6) is 0.680. The lowest BCUT2D eigenvalue weighted by Gasteiger charge is -2.16. The molecule has 0 aliphatic carbocycles. The van der Waals surface area contributed by atoms with Crippen molar-refractivity contribution in [2.24, 2.45) is 0 Å².